The molecule has 0 aliphatic carbocycles. The molecular formula is C17H15ClN2O3. The summed E-state index contributed by atoms with van der Waals surface area (Å²) in [7, 11) is 0. The summed E-state index contributed by atoms with van der Waals surface area (Å²) in [6, 6.07) is 10.8. The smallest absolute Gasteiger partial charge is 0.326 e. The molecule has 3 rings (SSSR count). The summed E-state index contributed by atoms with van der Waals surface area (Å²) in [5.74, 6) is -0.731. The van der Waals surface area contributed by atoms with E-state index in [0.29, 0.717) is 10.7 Å². The second kappa shape index (κ2) is 6.30. The number of aromatic amines is 1. The lowest BCUT2D eigenvalue weighted by atomic mass is 10.2. The molecule has 118 valence electrons. The third-order valence-electron chi connectivity index (χ3n) is 3.53. The molecule has 0 aliphatic rings. The summed E-state index contributed by atoms with van der Waals surface area (Å²) >= 11 is 5.98. The van der Waals surface area contributed by atoms with Gasteiger partial charge in [0, 0.05) is 16.9 Å². The number of benzene rings is 1. The second-order valence-corrected chi connectivity index (χ2v) is 5.72. The van der Waals surface area contributed by atoms with E-state index < -0.39 is 5.97 Å². The Labute approximate surface area is 137 Å². The average molecular weight is 331 g/mol. The Bertz CT molecular complexity index is 879. The number of ketones is 1. The molecule has 0 atom stereocenters. The molecule has 0 aliphatic heterocycles. The van der Waals surface area contributed by atoms with Crippen molar-refractivity contribution in [3.8, 4) is 0 Å². The van der Waals surface area contributed by atoms with Crippen LogP contribution in [0.5, 0.6) is 0 Å². The molecule has 6 heteroatoms. The van der Waals surface area contributed by atoms with Crippen molar-refractivity contribution >= 4 is 34.3 Å². The summed E-state index contributed by atoms with van der Waals surface area (Å²) in [6.07, 6.45) is 1.79. The normalized spacial score (nSPS) is 10.9. The zero-order valence-corrected chi connectivity index (χ0v) is 13.3. The number of nitrogens with one attached hydrogen (secondary N) is 1. The summed E-state index contributed by atoms with van der Waals surface area (Å²) in [5.41, 5.74) is 2.17. The molecule has 0 spiro atoms. The lowest BCUT2D eigenvalue weighted by Crippen LogP contribution is -2.18. The quantitative estimate of drug-likeness (QED) is 0.576. The highest BCUT2D eigenvalue weighted by molar-refractivity contribution is 6.31. The summed E-state index contributed by atoms with van der Waals surface area (Å²) in [4.78, 5) is 26.7. The van der Waals surface area contributed by atoms with Crippen LogP contribution >= 0.6 is 11.6 Å². The van der Waals surface area contributed by atoms with Crippen LogP contribution in [0.3, 0.4) is 0 Å². The van der Waals surface area contributed by atoms with Crippen LogP contribution in [0.2, 0.25) is 5.02 Å². The zero-order chi connectivity index (χ0) is 16.4. The van der Waals surface area contributed by atoms with E-state index in [4.69, 9.17) is 16.3 Å². The highest BCUT2D eigenvalue weighted by atomic mass is 35.5. The number of fused-ring (bicyclic) bond motifs is 1. The fourth-order valence-electron chi connectivity index (χ4n) is 2.37. The number of hydrogen-bond acceptors (Lipinski definition) is 3. The van der Waals surface area contributed by atoms with E-state index in [9.17, 15) is 9.59 Å². The summed E-state index contributed by atoms with van der Waals surface area (Å²) < 4.78 is 6.80. The van der Waals surface area contributed by atoms with Crippen LogP contribution < -0.4 is 0 Å². The van der Waals surface area contributed by atoms with Gasteiger partial charge in [-0.3, -0.25) is 9.59 Å². The number of Topliss-reactive ketones (excluding diaryl/α,β-unsaturated/α-hetero) is 1. The first kappa shape index (κ1) is 15.4. The van der Waals surface area contributed by atoms with Gasteiger partial charge >= 0.3 is 5.97 Å². The highest BCUT2D eigenvalue weighted by Crippen LogP contribution is 2.20. The maximum atomic E-state index is 11.9. The number of carbonyl (C=O) groups is 2. The Morgan fingerprint density at radius 1 is 1.22 bits per heavy atom. The van der Waals surface area contributed by atoms with E-state index in [0.717, 1.165) is 16.6 Å². The van der Waals surface area contributed by atoms with Crippen molar-refractivity contribution in [1.29, 1.82) is 0 Å². The monoisotopic (exact) mass is 330 g/mol. The van der Waals surface area contributed by atoms with Crippen molar-refractivity contribution < 1.29 is 14.3 Å². The van der Waals surface area contributed by atoms with Crippen LogP contribution in [0.1, 0.15) is 16.2 Å². The number of hydrogen-bond donors (Lipinski definition) is 1. The van der Waals surface area contributed by atoms with Crippen molar-refractivity contribution in [2.45, 2.75) is 13.5 Å². The lowest BCUT2D eigenvalue weighted by Gasteiger charge is -2.06. The molecule has 2 aromatic heterocycles. The van der Waals surface area contributed by atoms with Gasteiger partial charge < -0.3 is 14.3 Å². The van der Waals surface area contributed by atoms with Gasteiger partial charge in [0.2, 0.25) is 5.78 Å². The Kier molecular flexibility index (Phi) is 4.21. The number of halogens is 1. The molecule has 1 N–H and O–H groups in total. The van der Waals surface area contributed by atoms with Gasteiger partial charge in [-0.1, -0.05) is 17.7 Å². The minimum Gasteiger partial charge on any atom is -0.456 e. The van der Waals surface area contributed by atoms with Crippen LogP contribution in [0.4, 0.5) is 0 Å². The van der Waals surface area contributed by atoms with Gasteiger partial charge in [-0.05, 0) is 42.6 Å². The van der Waals surface area contributed by atoms with E-state index in [1.807, 2.05) is 19.1 Å². The average Bonchev–Trinajstić information content (AvgIpc) is 3.12. The molecule has 23 heavy (non-hydrogen) atoms. The summed E-state index contributed by atoms with van der Waals surface area (Å²) in [6.45, 7) is 1.60. The fourth-order valence-corrected chi connectivity index (χ4v) is 2.54. The number of aryl methyl sites for hydroxylation is 1. The predicted molar refractivity (Wildman–Crippen MR) is 87.8 cm³/mol. The van der Waals surface area contributed by atoms with Gasteiger partial charge in [-0.25, -0.2) is 0 Å². The molecular weight excluding hydrogens is 316 g/mol. The van der Waals surface area contributed by atoms with Gasteiger partial charge in [0.1, 0.15) is 6.54 Å². The Morgan fingerprint density at radius 3 is 2.78 bits per heavy atom. The minimum absolute atomic E-state index is 0.0286. The number of ether oxygens (including phenoxy) is 1. The van der Waals surface area contributed by atoms with Gasteiger partial charge in [-0.2, -0.15) is 0 Å². The van der Waals surface area contributed by atoms with E-state index in [1.54, 1.807) is 35.0 Å². The molecule has 0 radical (unpaired) electrons. The van der Waals surface area contributed by atoms with Crippen LogP contribution in [-0.2, 0) is 16.1 Å². The molecule has 3 aromatic rings. The number of carbonyl (C=O) groups excluding carboxylic acids is 2. The van der Waals surface area contributed by atoms with Gasteiger partial charge in [0.25, 0.3) is 0 Å². The Morgan fingerprint density at radius 2 is 2.04 bits per heavy atom. The molecule has 0 amide bonds. The maximum absolute atomic E-state index is 11.9. The van der Waals surface area contributed by atoms with Crippen molar-refractivity contribution in [2.24, 2.45) is 0 Å². The number of H-pyrrole nitrogens is 1. The molecule has 2 heterocycles. The molecule has 0 unspecified atom stereocenters. The second-order valence-electron chi connectivity index (χ2n) is 5.29. The summed E-state index contributed by atoms with van der Waals surface area (Å²) in [5, 5.41) is 1.59. The minimum atomic E-state index is -0.473. The van der Waals surface area contributed by atoms with E-state index in [2.05, 4.69) is 4.98 Å². The highest BCUT2D eigenvalue weighted by Gasteiger charge is 2.12. The zero-order valence-electron chi connectivity index (χ0n) is 12.5. The van der Waals surface area contributed by atoms with Crippen LogP contribution in [0.25, 0.3) is 10.9 Å². The van der Waals surface area contributed by atoms with Gasteiger partial charge in [0.15, 0.2) is 6.61 Å². The number of rotatable bonds is 5. The van der Waals surface area contributed by atoms with E-state index in [-0.39, 0.29) is 18.9 Å². The third kappa shape index (κ3) is 3.46. The first-order chi connectivity index (χ1) is 11.0. The lowest BCUT2D eigenvalue weighted by molar-refractivity contribution is -0.143. The number of aromatic nitrogens is 2. The molecule has 1 aromatic carbocycles. The predicted octanol–water partition coefficient (Wildman–Crippen LogP) is 3.36. The Balaban J connectivity index is 1.62. The van der Waals surface area contributed by atoms with Crippen molar-refractivity contribution in [2.75, 3.05) is 6.61 Å². The van der Waals surface area contributed by atoms with Gasteiger partial charge in [-0.15, -0.1) is 0 Å². The van der Waals surface area contributed by atoms with Crippen LogP contribution in [0, 0.1) is 6.92 Å². The van der Waals surface area contributed by atoms with E-state index in [1.165, 1.54) is 0 Å². The third-order valence-corrected chi connectivity index (χ3v) is 3.77. The first-order valence-electron chi connectivity index (χ1n) is 7.12. The molecule has 5 nitrogen and oxygen atoms in total. The Hall–Kier alpha value is -2.53. The fraction of sp³-hybridized carbons (Fsp3) is 0.176. The molecule has 0 bridgehead atoms. The molecule has 0 saturated carbocycles. The SMILES string of the molecule is Cc1ccc(C(=O)COC(=O)Cn2ccc3ccc(Cl)cc32)[nH]1. The van der Waals surface area contributed by atoms with E-state index >= 15 is 0 Å². The van der Waals surface area contributed by atoms with Gasteiger partial charge in [0.05, 0.1) is 11.2 Å². The van der Waals surface area contributed by atoms with Crippen molar-refractivity contribution in [3.63, 3.8) is 0 Å². The van der Waals surface area contributed by atoms with Crippen molar-refractivity contribution in [3.05, 3.63) is 59.0 Å². The van der Waals surface area contributed by atoms with Crippen LogP contribution in [-0.4, -0.2) is 27.9 Å². The number of nitrogens with zero attached hydrogens (tertiary/aromatic N) is 1. The van der Waals surface area contributed by atoms with Crippen LogP contribution in [0.15, 0.2) is 42.6 Å². The van der Waals surface area contributed by atoms with Crippen molar-refractivity contribution in [1.82, 2.24) is 9.55 Å². The standard InChI is InChI=1S/C17H15ClN2O3/c1-11-2-5-14(19-11)16(21)10-23-17(22)9-20-7-6-12-3-4-13(18)8-15(12)20/h2-8,19H,9-10H2,1H3. The topological polar surface area (TPSA) is 64.1 Å². The molecule has 0 fully saturated rings. The number of esters is 1. The first-order valence-corrected chi connectivity index (χ1v) is 7.49. The largest absolute Gasteiger partial charge is 0.456 e. The maximum Gasteiger partial charge on any atom is 0.326 e. The molecule has 0 saturated heterocycles.